The molecule has 0 aromatic heterocycles. The summed E-state index contributed by atoms with van der Waals surface area (Å²) in [5, 5.41) is 12.5. The van der Waals surface area contributed by atoms with Gasteiger partial charge in [0.15, 0.2) is 0 Å². The molecule has 10 heteroatoms. The number of carbonyl (C=O) groups is 3. The molecule has 120 valence electrons. The van der Waals surface area contributed by atoms with Crippen LogP contribution in [0.15, 0.2) is 24.3 Å². The topological polar surface area (TPSA) is 95.5 Å². The van der Waals surface area contributed by atoms with Crippen molar-refractivity contribution in [2.45, 2.75) is 18.6 Å². The fraction of sp³-hybridized carbons (Fsp3) is 0.250. The van der Waals surface area contributed by atoms with Gasteiger partial charge in [0, 0.05) is 10.7 Å². The number of carbonyl (C=O) groups excluding carboxylic acids is 2. The van der Waals surface area contributed by atoms with Crippen LogP contribution in [-0.4, -0.2) is 35.1 Å². The highest BCUT2D eigenvalue weighted by molar-refractivity contribution is 6.30. The Balaban J connectivity index is 2.82. The van der Waals surface area contributed by atoms with Gasteiger partial charge in [0.25, 0.3) is 0 Å². The van der Waals surface area contributed by atoms with Gasteiger partial charge in [-0.3, -0.25) is 14.4 Å². The van der Waals surface area contributed by atoms with E-state index in [0.717, 1.165) is 0 Å². The van der Waals surface area contributed by atoms with Crippen LogP contribution < -0.4 is 10.6 Å². The van der Waals surface area contributed by atoms with Gasteiger partial charge in [-0.25, -0.2) is 0 Å². The van der Waals surface area contributed by atoms with Gasteiger partial charge in [0.2, 0.25) is 5.91 Å². The van der Waals surface area contributed by atoms with E-state index in [1.165, 1.54) is 29.6 Å². The standard InChI is InChI=1S/C12H10ClF3N2O4/c13-6-1-3-7(4-2-6)17-10(21)8(5-9(19)20)18-11(22)12(14,15)16/h1-4,8H,5H2,(H,17,21)(H,18,22)(H,19,20)/t8-/m1/s1. The summed E-state index contributed by atoms with van der Waals surface area (Å²) < 4.78 is 36.5. The first-order valence-electron chi connectivity index (χ1n) is 5.75. The molecule has 0 saturated heterocycles. The number of rotatable bonds is 5. The number of nitrogens with one attached hydrogen (secondary N) is 2. The lowest BCUT2D eigenvalue weighted by atomic mass is 10.2. The molecule has 1 aromatic rings. The Morgan fingerprint density at radius 1 is 1.18 bits per heavy atom. The summed E-state index contributed by atoms with van der Waals surface area (Å²) in [5.74, 6) is -5.04. The number of benzene rings is 1. The normalized spacial score (nSPS) is 12.4. The second-order valence-electron chi connectivity index (χ2n) is 4.12. The molecule has 0 fully saturated rings. The Hall–Kier alpha value is -2.29. The molecule has 0 unspecified atom stereocenters. The van der Waals surface area contributed by atoms with Gasteiger partial charge in [-0.15, -0.1) is 0 Å². The Morgan fingerprint density at radius 2 is 1.73 bits per heavy atom. The summed E-state index contributed by atoms with van der Waals surface area (Å²) in [6.07, 6.45) is -6.22. The monoisotopic (exact) mass is 338 g/mol. The van der Waals surface area contributed by atoms with E-state index < -0.39 is 36.4 Å². The number of amides is 2. The largest absolute Gasteiger partial charge is 0.481 e. The molecule has 0 saturated carbocycles. The predicted molar refractivity (Wildman–Crippen MR) is 70.3 cm³/mol. The molecule has 1 aromatic carbocycles. The Kier molecular flexibility index (Phi) is 5.75. The van der Waals surface area contributed by atoms with Crippen LogP contribution in [0, 0.1) is 0 Å². The number of hydrogen-bond donors (Lipinski definition) is 3. The van der Waals surface area contributed by atoms with Crippen LogP contribution in [0.3, 0.4) is 0 Å². The molecular weight excluding hydrogens is 329 g/mol. The van der Waals surface area contributed by atoms with Gasteiger partial charge in [-0.05, 0) is 24.3 Å². The van der Waals surface area contributed by atoms with E-state index in [4.69, 9.17) is 16.7 Å². The quantitative estimate of drug-likeness (QED) is 0.763. The van der Waals surface area contributed by atoms with Gasteiger partial charge in [-0.2, -0.15) is 13.2 Å². The first kappa shape index (κ1) is 17.8. The van der Waals surface area contributed by atoms with Gasteiger partial charge in [0.1, 0.15) is 6.04 Å². The summed E-state index contributed by atoms with van der Waals surface area (Å²) in [5.41, 5.74) is 0.186. The highest BCUT2D eigenvalue weighted by Crippen LogP contribution is 2.16. The third kappa shape index (κ3) is 5.60. The third-order valence-electron chi connectivity index (χ3n) is 2.37. The first-order chi connectivity index (χ1) is 10.1. The SMILES string of the molecule is O=C(O)C[C@@H](NC(=O)C(F)(F)F)C(=O)Nc1ccc(Cl)cc1. The molecule has 1 atom stereocenters. The Bertz CT molecular complexity index is 575. The van der Waals surface area contributed by atoms with Gasteiger partial charge in [0.05, 0.1) is 6.42 Å². The molecule has 22 heavy (non-hydrogen) atoms. The van der Waals surface area contributed by atoms with Crippen molar-refractivity contribution in [2.75, 3.05) is 5.32 Å². The minimum Gasteiger partial charge on any atom is -0.481 e. The molecule has 3 N–H and O–H groups in total. The Morgan fingerprint density at radius 3 is 2.18 bits per heavy atom. The first-order valence-corrected chi connectivity index (χ1v) is 6.13. The number of alkyl halides is 3. The van der Waals surface area contributed by atoms with E-state index >= 15 is 0 Å². The summed E-state index contributed by atoms with van der Waals surface area (Å²) >= 11 is 5.63. The maximum atomic E-state index is 12.2. The fourth-order valence-corrected chi connectivity index (χ4v) is 1.51. The molecule has 0 radical (unpaired) electrons. The molecule has 6 nitrogen and oxygen atoms in total. The smallest absolute Gasteiger partial charge is 0.471 e. The van der Waals surface area contributed by atoms with Crippen molar-refractivity contribution >= 4 is 35.1 Å². The predicted octanol–water partition coefficient (Wildman–Crippen LogP) is 1.80. The number of aliphatic carboxylic acids is 1. The van der Waals surface area contributed by atoms with E-state index in [1.807, 2.05) is 0 Å². The van der Waals surface area contributed by atoms with Gasteiger partial charge >= 0.3 is 18.1 Å². The second-order valence-corrected chi connectivity index (χ2v) is 4.55. The molecule has 0 aliphatic carbocycles. The minimum absolute atomic E-state index is 0.186. The molecule has 0 aliphatic rings. The zero-order valence-electron chi connectivity index (χ0n) is 10.8. The highest BCUT2D eigenvalue weighted by Gasteiger charge is 2.41. The van der Waals surface area contributed by atoms with Crippen LogP contribution in [0.1, 0.15) is 6.42 Å². The van der Waals surface area contributed by atoms with Crippen LogP contribution in [0.4, 0.5) is 18.9 Å². The van der Waals surface area contributed by atoms with E-state index in [9.17, 15) is 27.6 Å². The van der Waals surface area contributed by atoms with E-state index in [1.54, 1.807) is 0 Å². The zero-order chi connectivity index (χ0) is 16.9. The molecule has 2 amide bonds. The highest BCUT2D eigenvalue weighted by atomic mass is 35.5. The van der Waals surface area contributed by atoms with Crippen molar-refractivity contribution < 1.29 is 32.7 Å². The number of carboxylic acids is 1. The molecule has 0 heterocycles. The lowest BCUT2D eigenvalue weighted by Crippen LogP contribution is -2.49. The molecule has 0 spiro atoms. The summed E-state index contributed by atoms with van der Waals surface area (Å²) in [6, 6.07) is 3.69. The van der Waals surface area contributed by atoms with E-state index in [-0.39, 0.29) is 5.69 Å². The average molecular weight is 339 g/mol. The minimum atomic E-state index is -5.22. The van der Waals surface area contributed by atoms with Crippen molar-refractivity contribution in [1.29, 1.82) is 0 Å². The van der Waals surface area contributed by atoms with Crippen LogP contribution in [-0.2, 0) is 14.4 Å². The van der Waals surface area contributed by atoms with Crippen molar-refractivity contribution in [2.24, 2.45) is 0 Å². The average Bonchev–Trinajstić information content (AvgIpc) is 2.39. The summed E-state index contributed by atoms with van der Waals surface area (Å²) in [7, 11) is 0. The number of halogens is 4. The molecule has 0 bridgehead atoms. The van der Waals surface area contributed by atoms with Crippen LogP contribution >= 0.6 is 11.6 Å². The van der Waals surface area contributed by atoms with Crippen LogP contribution in [0.2, 0.25) is 5.02 Å². The Labute approximate surface area is 127 Å². The number of hydrogen-bond acceptors (Lipinski definition) is 3. The second kappa shape index (κ2) is 7.12. The van der Waals surface area contributed by atoms with Gasteiger partial charge in [-0.1, -0.05) is 11.6 Å². The van der Waals surface area contributed by atoms with E-state index in [0.29, 0.717) is 5.02 Å². The number of carboxylic acid groups (broad SMARTS) is 1. The van der Waals surface area contributed by atoms with Crippen molar-refractivity contribution in [3.63, 3.8) is 0 Å². The lowest BCUT2D eigenvalue weighted by Gasteiger charge is -2.17. The van der Waals surface area contributed by atoms with Crippen LogP contribution in [0.5, 0.6) is 0 Å². The van der Waals surface area contributed by atoms with Gasteiger partial charge < -0.3 is 15.7 Å². The van der Waals surface area contributed by atoms with E-state index in [2.05, 4.69) is 5.32 Å². The lowest BCUT2D eigenvalue weighted by molar-refractivity contribution is -0.174. The maximum absolute atomic E-state index is 12.2. The fourth-order valence-electron chi connectivity index (χ4n) is 1.39. The van der Waals surface area contributed by atoms with Crippen molar-refractivity contribution in [3.8, 4) is 0 Å². The van der Waals surface area contributed by atoms with Crippen LogP contribution in [0.25, 0.3) is 0 Å². The van der Waals surface area contributed by atoms with Crippen molar-refractivity contribution in [3.05, 3.63) is 29.3 Å². The summed E-state index contributed by atoms with van der Waals surface area (Å²) in [6.45, 7) is 0. The maximum Gasteiger partial charge on any atom is 0.471 e. The van der Waals surface area contributed by atoms with Crippen molar-refractivity contribution in [1.82, 2.24) is 5.32 Å². The number of anilines is 1. The molecular formula is C12H10ClF3N2O4. The zero-order valence-corrected chi connectivity index (χ0v) is 11.5. The molecule has 1 rings (SSSR count). The third-order valence-corrected chi connectivity index (χ3v) is 2.62. The summed E-state index contributed by atoms with van der Waals surface area (Å²) in [4.78, 5) is 33.2. The molecule has 0 aliphatic heterocycles.